The molecule has 1 saturated carbocycles. The van der Waals surface area contributed by atoms with Gasteiger partial charge in [-0.1, -0.05) is 17.7 Å². The van der Waals surface area contributed by atoms with Crippen LogP contribution in [-0.4, -0.2) is 41.6 Å². The summed E-state index contributed by atoms with van der Waals surface area (Å²) in [6.45, 7) is 0.763. The molecule has 7 nitrogen and oxygen atoms in total. The molecule has 0 bridgehead atoms. The number of hydrogen-bond donors (Lipinski definition) is 2. The molecule has 0 aromatic carbocycles. The SMILES string of the molecule is O[C@@H]1CC(Cn2cc(Cl)cn2)C[C@H]1Nc1cccc2nncn12. The zero-order chi connectivity index (χ0) is 15.8. The van der Waals surface area contributed by atoms with Gasteiger partial charge < -0.3 is 10.4 Å². The van der Waals surface area contributed by atoms with E-state index >= 15 is 0 Å². The summed E-state index contributed by atoms with van der Waals surface area (Å²) in [5, 5.41) is 26.6. The Morgan fingerprint density at radius 2 is 2.26 bits per heavy atom. The Labute approximate surface area is 137 Å². The minimum atomic E-state index is -0.391. The lowest BCUT2D eigenvalue weighted by molar-refractivity contribution is 0.165. The molecule has 1 aliphatic rings. The van der Waals surface area contributed by atoms with E-state index in [1.165, 1.54) is 0 Å². The summed E-state index contributed by atoms with van der Waals surface area (Å²) >= 11 is 5.90. The number of aromatic nitrogens is 5. The maximum Gasteiger partial charge on any atom is 0.162 e. The van der Waals surface area contributed by atoms with E-state index in [1.807, 2.05) is 33.5 Å². The molecule has 120 valence electrons. The van der Waals surface area contributed by atoms with Crippen LogP contribution in [0.15, 0.2) is 36.9 Å². The fourth-order valence-electron chi connectivity index (χ4n) is 3.28. The van der Waals surface area contributed by atoms with E-state index in [9.17, 15) is 5.11 Å². The Morgan fingerprint density at radius 1 is 1.35 bits per heavy atom. The maximum atomic E-state index is 10.4. The number of pyridine rings is 1. The quantitative estimate of drug-likeness (QED) is 0.762. The molecule has 0 aliphatic heterocycles. The van der Waals surface area contributed by atoms with Gasteiger partial charge in [0.15, 0.2) is 5.65 Å². The number of aliphatic hydroxyl groups is 1. The van der Waals surface area contributed by atoms with Crippen LogP contribution in [0, 0.1) is 5.92 Å². The van der Waals surface area contributed by atoms with Crippen molar-refractivity contribution in [3.63, 3.8) is 0 Å². The van der Waals surface area contributed by atoms with Crippen LogP contribution in [0.1, 0.15) is 12.8 Å². The summed E-state index contributed by atoms with van der Waals surface area (Å²) < 4.78 is 3.72. The molecule has 3 atom stereocenters. The molecule has 3 aromatic rings. The van der Waals surface area contributed by atoms with Crippen molar-refractivity contribution in [2.75, 3.05) is 5.32 Å². The summed E-state index contributed by atoms with van der Waals surface area (Å²) in [5.41, 5.74) is 0.783. The fraction of sp³-hybridized carbons (Fsp3) is 0.400. The van der Waals surface area contributed by atoms with E-state index in [0.717, 1.165) is 30.9 Å². The van der Waals surface area contributed by atoms with Gasteiger partial charge >= 0.3 is 0 Å². The lowest BCUT2D eigenvalue weighted by Crippen LogP contribution is -2.28. The van der Waals surface area contributed by atoms with Crippen LogP contribution in [0.5, 0.6) is 0 Å². The highest BCUT2D eigenvalue weighted by Crippen LogP contribution is 2.30. The molecule has 23 heavy (non-hydrogen) atoms. The van der Waals surface area contributed by atoms with Crippen molar-refractivity contribution >= 4 is 23.1 Å². The third-order valence-electron chi connectivity index (χ3n) is 4.34. The molecule has 3 heterocycles. The van der Waals surface area contributed by atoms with E-state index in [0.29, 0.717) is 10.9 Å². The first kappa shape index (κ1) is 14.5. The molecule has 4 rings (SSSR count). The number of rotatable bonds is 4. The van der Waals surface area contributed by atoms with Crippen molar-refractivity contribution in [1.29, 1.82) is 0 Å². The molecule has 2 N–H and O–H groups in total. The van der Waals surface area contributed by atoms with Gasteiger partial charge in [0.05, 0.1) is 23.4 Å². The standard InChI is InChI=1S/C15H17ClN6O/c16-11-6-18-21(8-11)7-10-4-12(13(23)5-10)19-14-2-1-3-15-20-17-9-22(14)15/h1-3,6,8-10,12-13,19,23H,4-5,7H2/t10?,12-,13-/m1/s1. The summed E-state index contributed by atoms with van der Waals surface area (Å²) in [6, 6.07) is 5.78. The Hall–Kier alpha value is -2.12. The van der Waals surface area contributed by atoms with E-state index < -0.39 is 6.10 Å². The lowest BCUT2D eigenvalue weighted by Gasteiger charge is -2.18. The first-order valence-corrected chi connectivity index (χ1v) is 7.98. The molecule has 8 heteroatoms. The van der Waals surface area contributed by atoms with Crippen LogP contribution >= 0.6 is 11.6 Å². The molecular formula is C15H17ClN6O. The predicted octanol–water partition coefficient (Wildman–Crippen LogP) is 1.83. The summed E-state index contributed by atoms with van der Waals surface area (Å²) in [4.78, 5) is 0. The Kier molecular flexibility index (Phi) is 3.66. The fourth-order valence-corrected chi connectivity index (χ4v) is 3.44. The molecule has 1 unspecified atom stereocenters. The number of halogens is 1. The number of aliphatic hydroxyl groups excluding tert-OH is 1. The monoisotopic (exact) mass is 332 g/mol. The van der Waals surface area contributed by atoms with Crippen LogP contribution in [0.3, 0.4) is 0 Å². The van der Waals surface area contributed by atoms with E-state index in [4.69, 9.17) is 11.6 Å². The van der Waals surface area contributed by atoms with Gasteiger partial charge in [-0.2, -0.15) is 5.10 Å². The van der Waals surface area contributed by atoms with Crippen molar-refractivity contribution in [3.8, 4) is 0 Å². The normalized spacial score (nSPS) is 24.3. The number of fused-ring (bicyclic) bond motifs is 1. The molecule has 3 aromatic heterocycles. The highest BCUT2D eigenvalue weighted by atomic mass is 35.5. The molecule has 1 aliphatic carbocycles. The summed E-state index contributed by atoms with van der Waals surface area (Å²) in [5.74, 6) is 1.25. The third-order valence-corrected chi connectivity index (χ3v) is 4.54. The van der Waals surface area contributed by atoms with Gasteiger partial charge in [-0.15, -0.1) is 10.2 Å². The van der Waals surface area contributed by atoms with Crippen LogP contribution in [0.2, 0.25) is 5.02 Å². The van der Waals surface area contributed by atoms with E-state index in [-0.39, 0.29) is 6.04 Å². The minimum Gasteiger partial charge on any atom is -0.391 e. The Morgan fingerprint density at radius 3 is 3.09 bits per heavy atom. The molecule has 0 saturated heterocycles. The van der Waals surface area contributed by atoms with Crippen LogP contribution in [0.4, 0.5) is 5.82 Å². The summed E-state index contributed by atoms with van der Waals surface area (Å²) in [7, 11) is 0. The molecule has 0 radical (unpaired) electrons. The topological polar surface area (TPSA) is 80.3 Å². The zero-order valence-electron chi connectivity index (χ0n) is 12.4. The maximum absolute atomic E-state index is 10.4. The first-order chi connectivity index (χ1) is 11.2. The molecule has 1 fully saturated rings. The first-order valence-electron chi connectivity index (χ1n) is 7.60. The van der Waals surface area contributed by atoms with Crippen LogP contribution in [0.25, 0.3) is 5.65 Å². The number of nitrogens with zero attached hydrogens (tertiary/aromatic N) is 5. The highest BCUT2D eigenvalue weighted by molar-refractivity contribution is 6.30. The second-order valence-corrected chi connectivity index (χ2v) is 6.44. The predicted molar refractivity (Wildman–Crippen MR) is 86.4 cm³/mol. The van der Waals surface area contributed by atoms with Crippen molar-refractivity contribution in [3.05, 3.63) is 41.9 Å². The van der Waals surface area contributed by atoms with Gasteiger partial charge in [0.2, 0.25) is 0 Å². The van der Waals surface area contributed by atoms with E-state index in [1.54, 1.807) is 12.5 Å². The van der Waals surface area contributed by atoms with Gasteiger partial charge in [-0.25, -0.2) is 0 Å². The van der Waals surface area contributed by atoms with Crippen molar-refractivity contribution < 1.29 is 5.11 Å². The summed E-state index contributed by atoms with van der Waals surface area (Å²) in [6.07, 6.45) is 6.34. The largest absolute Gasteiger partial charge is 0.391 e. The van der Waals surface area contributed by atoms with Crippen LogP contribution in [-0.2, 0) is 6.54 Å². The molecule has 0 spiro atoms. The molecule has 0 amide bonds. The number of anilines is 1. The van der Waals surface area contributed by atoms with Crippen LogP contribution < -0.4 is 5.32 Å². The average Bonchev–Trinajstić information content (AvgIpc) is 3.22. The number of nitrogens with one attached hydrogen (secondary N) is 1. The smallest absolute Gasteiger partial charge is 0.162 e. The third kappa shape index (κ3) is 2.89. The second kappa shape index (κ2) is 5.82. The van der Waals surface area contributed by atoms with Gasteiger partial charge in [0, 0.05) is 12.7 Å². The van der Waals surface area contributed by atoms with Crippen molar-refractivity contribution in [2.45, 2.75) is 31.5 Å². The van der Waals surface area contributed by atoms with E-state index in [2.05, 4.69) is 20.6 Å². The van der Waals surface area contributed by atoms with Gasteiger partial charge in [0.1, 0.15) is 12.1 Å². The average molecular weight is 333 g/mol. The Bertz CT molecular complexity index is 815. The van der Waals surface area contributed by atoms with Gasteiger partial charge in [-0.05, 0) is 30.9 Å². The Balaban J connectivity index is 1.46. The van der Waals surface area contributed by atoms with Gasteiger partial charge in [-0.3, -0.25) is 9.08 Å². The highest BCUT2D eigenvalue weighted by Gasteiger charge is 2.33. The lowest BCUT2D eigenvalue weighted by atomic mass is 10.1. The minimum absolute atomic E-state index is 0.000894. The van der Waals surface area contributed by atoms with Crippen molar-refractivity contribution in [1.82, 2.24) is 24.4 Å². The van der Waals surface area contributed by atoms with Gasteiger partial charge in [0.25, 0.3) is 0 Å². The second-order valence-electron chi connectivity index (χ2n) is 6.01. The molecular weight excluding hydrogens is 316 g/mol. The number of hydrogen-bond acceptors (Lipinski definition) is 5. The zero-order valence-corrected chi connectivity index (χ0v) is 13.1. The van der Waals surface area contributed by atoms with Crippen molar-refractivity contribution in [2.24, 2.45) is 5.92 Å².